The number of hydrogen-bond donors (Lipinski definition) is 2. The van der Waals surface area contributed by atoms with Crippen LogP contribution in [-0.4, -0.2) is 26.0 Å². The van der Waals surface area contributed by atoms with Crippen LogP contribution < -0.4 is 10.6 Å². The van der Waals surface area contributed by atoms with Crippen LogP contribution in [0.1, 0.15) is 22.8 Å². The first-order chi connectivity index (χ1) is 7.27. The molecule has 1 rings (SSSR count). The second-order valence-corrected chi connectivity index (χ2v) is 3.41. The van der Waals surface area contributed by atoms with Gasteiger partial charge in [-0.15, -0.1) is 12.4 Å². The molecule has 4 heteroatoms. The molecule has 0 aliphatic rings. The molecule has 0 spiro atoms. The van der Waals surface area contributed by atoms with Crippen molar-refractivity contribution in [1.82, 2.24) is 10.6 Å². The first-order valence-electron chi connectivity index (χ1n) is 5.29. The molecule has 0 saturated heterocycles. The van der Waals surface area contributed by atoms with Crippen LogP contribution in [0.4, 0.5) is 0 Å². The fourth-order valence-corrected chi connectivity index (χ4v) is 1.29. The molecule has 0 aliphatic carbocycles. The normalized spacial score (nSPS) is 9.38. The molecule has 90 valence electrons. The maximum Gasteiger partial charge on any atom is 0.251 e. The first kappa shape index (κ1) is 14.9. The summed E-state index contributed by atoms with van der Waals surface area (Å²) in [7, 11) is 1.86. The fourth-order valence-electron chi connectivity index (χ4n) is 1.29. The molecule has 0 unspecified atom stereocenters. The van der Waals surface area contributed by atoms with E-state index in [4.69, 9.17) is 0 Å². The number of rotatable bonds is 5. The van der Waals surface area contributed by atoms with Gasteiger partial charge in [-0.1, -0.05) is 19.1 Å². The predicted octanol–water partition coefficient (Wildman–Crippen LogP) is 1.62. The number of benzene rings is 1. The van der Waals surface area contributed by atoms with Gasteiger partial charge in [0.25, 0.3) is 5.91 Å². The van der Waals surface area contributed by atoms with Gasteiger partial charge in [0.1, 0.15) is 0 Å². The van der Waals surface area contributed by atoms with E-state index in [1.165, 1.54) is 5.56 Å². The lowest BCUT2D eigenvalue weighted by Crippen LogP contribution is -2.30. The van der Waals surface area contributed by atoms with Gasteiger partial charge >= 0.3 is 0 Å². The Kier molecular flexibility index (Phi) is 7.60. The molecule has 1 amide bonds. The summed E-state index contributed by atoms with van der Waals surface area (Å²) in [5.41, 5.74) is 1.98. The van der Waals surface area contributed by atoms with Crippen molar-refractivity contribution in [3.05, 3.63) is 35.4 Å². The molecule has 1 aromatic rings. The van der Waals surface area contributed by atoms with Gasteiger partial charge in [-0.25, -0.2) is 0 Å². The van der Waals surface area contributed by atoms with Crippen molar-refractivity contribution in [3.8, 4) is 0 Å². The number of likely N-dealkylation sites (N-methyl/N-ethyl adjacent to an activating group) is 1. The van der Waals surface area contributed by atoms with Gasteiger partial charge in [0.15, 0.2) is 0 Å². The van der Waals surface area contributed by atoms with Crippen molar-refractivity contribution in [1.29, 1.82) is 0 Å². The van der Waals surface area contributed by atoms with E-state index < -0.39 is 0 Å². The molecular weight excluding hydrogens is 224 g/mol. The van der Waals surface area contributed by atoms with Crippen molar-refractivity contribution in [2.75, 3.05) is 20.1 Å². The van der Waals surface area contributed by atoms with Gasteiger partial charge in [0, 0.05) is 18.7 Å². The summed E-state index contributed by atoms with van der Waals surface area (Å²) in [5.74, 6) is -0.00657. The highest BCUT2D eigenvalue weighted by atomic mass is 35.5. The first-order valence-corrected chi connectivity index (χ1v) is 5.29. The van der Waals surface area contributed by atoms with E-state index >= 15 is 0 Å². The van der Waals surface area contributed by atoms with Gasteiger partial charge in [-0.3, -0.25) is 4.79 Å². The van der Waals surface area contributed by atoms with Crippen molar-refractivity contribution >= 4 is 18.3 Å². The Hall–Kier alpha value is -1.06. The lowest BCUT2D eigenvalue weighted by molar-refractivity contribution is 0.0954. The molecule has 0 heterocycles. The van der Waals surface area contributed by atoms with Crippen LogP contribution in [0.5, 0.6) is 0 Å². The van der Waals surface area contributed by atoms with E-state index in [9.17, 15) is 4.79 Å². The zero-order valence-electron chi connectivity index (χ0n) is 9.75. The summed E-state index contributed by atoms with van der Waals surface area (Å²) in [4.78, 5) is 11.6. The van der Waals surface area contributed by atoms with E-state index in [1.54, 1.807) is 0 Å². The minimum absolute atomic E-state index is 0. The van der Waals surface area contributed by atoms with E-state index in [0.717, 1.165) is 18.5 Å². The van der Waals surface area contributed by atoms with Crippen LogP contribution in [0, 0.1) is 0 Å². The molecule has 16 heavy (non-hydrogen) atoms. The number of halogens is 1. The molecule has 0 radical (unpaired) electrons. The minimum Gasteiger partial charge on any atom is -0.351 e. The van der Waals surface area contributed by atoms with Crippen LogP contribution >= 0.6 is 12.4 Å². The Morgan fingerprint density at radius 1 is 1.19 bits per heavy atom. The highest BCUT2D eigenvalue weighted by Gasteiger charge is 2.03. The van der Waals surface area contributed by atoms with Gasteiger partial charge < -0.3 is 10.6 Å². The maximum absolute atomic E-state index is 11.6. The molecule has 0 fully saturated rings. The van der Waals surface area contributed by atoms with Crippen LogP contribution in [0.15, 0.2) is 24.3 Å². The predicted molar refractivity (Wildman–Crippen MR) is 69.3 cm³/mol. The third kappa shape index (κ3) is 4.64. The molecule has 2 N–H and O–H groups in total. The lowest BCUT2D eigenvalue weighted by Gasteiger charge is -2.05. The third-order valence-electron chi connectivity index (χ3n) is 2.28. The molecule has 1 aromatic carbocycles. The smallest absolute Gasteiger partial charge is 0.251 e. The SMILES string of the molecule is CCc1ccc(C(=O)NCCNC)cc1.Cl. The second-order valence-electron chi connectivity index (χ2n) is 3.41. The van der Waals surface area contributed by atoms with Crippen molar-refractivity contribution in [3.63, 3.8) is 0 Å². The van der Waals surface area contributed by atoms with Gasteiger partial charge in [-0.05, 0) is 31.2 Å². The summed E-state index contributed by atoms with van der Waals surface area (Å²) in [5, 5.41) is 5.81. The monoisotopic (exact) mass is 242 g/mol. The van der Waals surface area contributed by atoms with E-state index in [2.05, 4.69) is 17.6 Å². The van der Waals surface area contributed by atoms with Crippen LogP contribution in [0.2, 0.25) is 0 Å². The Morgan fingerprint density at radius 2 is 1.81 bits per heavy atom. The van der Waals surface area contributed by atoms with Crippen molar-refractivity contribution in [2.24, 2.45) is 0 Å². The number of carbonyl (C=O) groups excluding carboxylic acids is 1. The topological polar surface area (TPSA) is 41.1 Å². The molecule has 0 saturated carbocycles. The molecule has 3 nitrogen and oxygen atoms in total. The Bertz CT molecular complexity index is 311. The summed E-state index contributed by atoms with van der Waals surface area (Å²) in [6.45, 7) is 3.55. The average Bonchev–Trinajstić information content (AvgIpc) is 2.29. The summed E-state index contributed by atoms with van der Waals surface area (Å²) in [6.07, 6.45) is 1.00. The van der Waals surface area contributed by atoms with Crippen molar-refractivity contribution < 1.29 is 4.79 Å². The number of carbonyl (C=O) groups is 1. The molecule has 0 bridgehead atoms. The van der Waals surface area contributed by atoms with Gasteiger partial charge in [0.05, 0.1) is 0 Å². The quantitative estimate of drug-likeness (QED) is 0.771. The van der Waals surface area contributed by atoms with E-state index in [0.29, 0.717) is 6.54 Å². The maximum atomic E-state index is 11.6. The van der Waals surface area contributed by atoms with Crippen molar-refractivity contribution in [2.45, 2.75) is 13.3 Å². The average molecular weight is 243 g/mol. The summed E-state index contributed by atoms with van der Waals surface area (Å²) in [6, 6.07) is 7.72. The van der Waals surface area contributed by atoms with E-state index in [1.807, 2.05) is 31.3 Å². The Labute approximate surface area is 103 Å². The van der Waals surface area contributed by atoms with Crippen LogP contribution in [0.25, 0.3) is 0 Å². The minimum atomic E-state index is -0.00657. The largest absolute Gasteiger partial charge is 0.351 e. The Morgan fingerprint density at radius 3 is 2.31 bits per heavy atom. The fraction of sp³-hybridized carbons (Fsp3) is 0.417. The van der Waals surface area contributed by atoms with Crippen LogP contribution in [0.3, 0.4) is 0 Å². The zero-order valence-corrected chi connectivity index (χ0v) is 10.6. The highest BCUT2D eigenvalue weighted by Crippen LogP contribution is 2.04. The summed E-state index contributed by atoms with van der Waals surface area (Å²) < 4.78 is 0. The molecule has 0 aliphatic heterocycles. The second kappa shape index (κ2) is 8.13. The van der Waals surface area contributed by atoms with Crippen LogP contribution in [-0.2, 0) is 6.42 Å². The zero-order chi connectivity index (χ0) is 11.1. The molecular formula is C12H19ClN2O. The number of aryl methyl sites for hydroxylation is 1. The van der Waals surface area contributed by atoms with E-state index in [-0.39, 0.29) is 18.3 Å². The van der Waals surface area contributed by atoms with Gasteiger partial charge in [-0.2, -0.15) is 0 Å². The highest BCUT2D eigenvalue weighted by molar-refractivity contribution is 5.94. The Balaban J connectivity index is 0.00000225. The third-order valence-corrected chi connectivity index (χ3v) is 2.28. The number of nitrogens with one attached hydrogen (secondary N) is 2. The number of hydrogen-bond acceptors (Lipinski definition) is 2. The number of amides is 1. The van der Waals surface area contributed by atoms with Gasteiger partial charge in [0.2, 0.25) is 0 Å². The molecule has 0 atom stereocenters. The molecule has 0 aromatic heterocycles. The summed E-state index contributed by atoms with van der Waals surface area (Å²) >= 11 is 0. The standard InChI is InChI=1S/C12H18N2O.ClH/c1-3-10-4-6-11(7-5-10)12(15)14-9-8-13-2;/h4-7,13H,3,8-9H2,1-2H3,(H,14,15);1H. The lowest BCUT2D eigenvalue weighted by atomic mass is 10.1.